The molecule has 22 heavy (non-hydrogen) atoms. The molecule has 7 unspecified atom stereocenters. The maximum Gasteiger partial charge on any atom is 0.0604 e. The van der Waals surface area contributed by atoms with Gasteiger partial charge in [0.25, 0.3) is 0 Å². The van der Waals surface area contributed by atoms with Crippen LogP contribution >= 0.6 is 0 Å². The summed E-state index contributed by atoms with van der Waals surface area (Å²) in [7, 11) is 1.89. The van der Waals surface area contributed by atoms with E-state index < -0.39 is 0 Å². The number of rotatable bonds is 3. The molecular weight excluding hydrogens is 276 g/mol. The van der Waals surface area contributed by atoms with Gasteiger partial charge in [0.2, 0.25) is 0 Å². The van der Waals surface area contributed by atoms with Crippen LogP contribution in [0.2, 0.25) is 0 Å². The van der Waals surface area contributed by atoms with Crippen molar-refractivity contribution in [2.24, 2.45) is 29.6 Å². The standard InChI is InChI=1S/C18H32N2O2/c1-21-15-4-2-3-12(7-15)14-8-16-17(13-5-6-22-11-13)10-20-18(16)19-9-14/h12-20H,2-11H2,1H3. The highest BCUT2D eigenvalue weighted by atomic mass is 16.5. The minimum absolute atomic E-state index is 0.511. The second-order valence-electron chi connectivity index (χ2n) is 8.03. The van der Waals surface area contributed by atoms with Crippen LogP contribution in [0, 0.1) is 29.6 Å². The van der Waals surface area contributed by atoms with Gasteiger partial charge in [0, 0.05) is 26.9 Å². The zero-order valence-electron chi connectivity index (χ0n) is 13.9. The van der Waals surface area contributed by atoms with E-state index in [4.69, 9.17) is 9.47 Å². The van der Waals surface area contributed by atoms with Crippen LogP contribution in [0.4, 0.5) is 0 Å². The first kappa shape index (κ1) is 15.4. The Morgan fingerprint density at radius 2 is 1.82 bits per heavy atom. The largest absolute Gasteiger partial charge is 0.381 e. The maximum atomic E-state index is 5.66. The van der Waals surface area contributed by atoms with E-state index in [1.54, 1.807) is 0 Å². The molecule has 4 rings (SSSR count). The topological polar surface area (TPSA) is 42.5 Å². The SMILES string of the molecule is COC1CCCC(C2CNC3NCC(C4CCOC4)C3C2)C1. The summed E-state index contributed by atoms with van der Waals surface area (Å²) in [5.41, 5.74) is 0. The third kappa shape index (κ3) is 2.95. The minimum Gasteiger partial charge on any atom is -0.381 e. The van der Waals surface area contributed by atoms with Crippen molar-refractivity contribution in [2.45, 2.75) is 50.8 Å². The van der Waals surface area contributed by atoms with Gasteiger partial charge in [-0.15, -0.1) is 0 Å². The van der Waals surface area contributed by atoms with Crippen LogP contribution in [0.25, 0.3) is 0 Å². The third-order valence-corrected chi connectivity index (χ3v) is 6.96. The molecule has 0 aromatic rings. The van der Waals surface area contributed by atoms with Gasteiger partial charge in [-0.3, -0.25) is 0 Å². The van der Waals surface area contributed by atoms with Crippen LogP contribution in [0.15, 0.2) is 0 Å². The molecule has 1 aliphatic carbocycles. The highest BCUT2D eigenvalue weighted by Crippen LogP contribution is 2.42. The van der Waals surface area contributed by atoms with Crippen molar-refractivity contribution >= 4 is 0 Å². The third-order valence-electron chi connectivity index (χ3n) is 6.96. The smallest absolute Gasteiger partial charge is 0.0604 e. The van der Waals surface area contributed by atoms with Gasteiger partial charge >= 0.3 is 0 Å². The molecule has 0 radical (unpaired) electrons. The van der Waals surface area contributed by atoms with Crippen molar-refractivity contribution in [3.05, 3.63) is 0 Å². The van der Waals surface area contributed by atoms with E-state index in [1.165, 1.54) is 51.6 Å². The van der Waals surface area contributed by atoms with Crippen molar-refractivity contribution in [2.75, 3.05) is 33.4 Å². The monoisotopic (exact) mass is 308 g/mol. The Morgan fingerprint density at radius 3 is 2.64 bits per heavy atom. The van der Waals surface area contributed by atoms with Gasteiger partial charge in [-0.25, -0.2) is 0 Å². The number of hydrogen-bond donors (Lipinski definition) is 2. The molecule has 4 nitrogen and oxygen atoms in total. The molecule has 4 fully saturated rings. The fraction of sp³-hybridized carbons (Fsp3) is 1.00. The average molecular weight is 308 g/mol. The van der Waals surface area contributed by atoms with E-state index in [0.29, 0.717) is 12.3 Å². The normalized spacial score (nSPS) is 49.2. The zero-order valence-corrected chi connectivity index (χ0v) is 13.9. The maximum absolute atomic E-state index is 5.66. The van der Waals surface area contributed by atoms with E-state index in [1.807, 2.05) is 7.11 Å². The van der Waals surface area contributed by atoms with Crippen molar-refractivity contribution < 1.29 is 9.47 Å². The highest BCUT2D eigenvalue weighted by Gasteiger charge is 2.45. The van der Waals surface area contributed by atoms with Crippen LogP contribution in [-0.4, -0.2) is 45.7 Å². The lowest BCUT2D eigenvalue weighted by Crippen LogP contribution is -2.51. The Hall–Kier alpha value is -0.160. The van der Waals surface area contributed by atoms with Crippen LogP contribution in [0.3, 0.4) is 0 Å². The molecule has 126 valence electrons. The molecule has 3 aliphatic heterocycles. The summed E-state index contributed by atoms with van der Waals surface area (Å²) in [5.74, 6) is 4.15. The Morgan fingerprint density at radius 1 is 0.909 bits per heavy atom. The molecule has 4 aliphatic rings. The molecule has 3 heterocycles. The summed E-state index contributed by atoms with van der Waals surface area (Å²) in [5, 5.41) is 7.56. The van der Waals surface area contributed by atoms with E-state index in [2.05, 4.69) is 10.6 Å². The number of nitrogens with one attached hydrogen (secondary N) is 2. The lowest BCUT2D eigenvalue weighted by Gasteiger charge is -2.42. The Labute approximate surface area is 134 Å². The lowest BCUT2D eigenvalue weighted by atomic mass is 9.69. The predicted octanol–water partition coefficient (Wildman–Crippen LogP) is 2.00. The molecule has 0 aromatic carbocycles. The van der Waals surface area contributed by atoms with Crippen LogP contribution in [0.1, 0.15) is 38.5 Å². The average Bonchev–Trinajstić information content (AvgIpc) is 3.23. The minimum atomic E-state index is 0.511. The predicted molar refractivity (Wildman–Crippen MR) is 86.6 cm³/mol. The lowest BCUT2D eigenvalue weighted by molar-refractivity contribution is 0.0230. The molecule has 1 saturated carbocycles. The molecule has 0 amide bonds. The summed E-state index contributed by atoms with van der Waals surface area (Å²) in [4.78, 5) is 0. The number of fused-ring (bicyclic) bond motifs is 1. The number of piperidine rings is 1. The summed E-state index contributed by atoms with van der Waals surface area (Å²) in [6.07, 6.45) is 9.07. The van der Waals surface area contributed by atoms with Crippen molar-refractivity contribution in [1.29, 1.82) is 0 Å². The summed E-state index contributed by atoms with van der Waals surface area (Å²) < 4.78 is 11.3. The summed E-state index contributed by atoms with van der Waals surface area (Å²) >= 11 is 0. The molecule has 7 atom stereocenters. The van der Waals surface area contributed by atoms with Gasteiger partial charge in [0.1, 0.15) is 0 Å². The van der Waals surface area contributed by atoms with Gasteiger partial charge in [-0.2, -0.15) is 0 Å². The highest BCUT2D eigenvalue weighted by molar-refractivity contribution is 4.98. The van der Waals surface area contributed by atoms with Gasteiger partial charge in [0.05, 0.1) is 12.3 Å². The molecule has 4 heteroatoms. The second-order valence-corrected chi connectivity index (χ2v) is 8.03. The fourth-order valence-corrected chi connectivity index (χ4v) is 5.65. The van der Waals surface area contributed by atoms with E-state index in [9.17, 15) is 0 Å². The first-order valence-electron chi connectivity index (χ1n) is 9.42. The Kier molecular flexibility index (Phi) is 4.72. The van der Waals surface area contributed by atoms with Gasteiger partial charge < -0.3 is 20.1 Å². The van der Waals surface area contributed by atoms with Crippen LogP contribution in [0.5, 0.6) is 0 Å². The van der Waals surface area contributed by atoms with Gasteiger partial charge in [0.15, 0.2) is 0 Å². The van der Waals surface area contributed by atoms with Crippen molar-refractivity contribution in [3.8, 4) is 0 Å². The first-order valence-corrected chi connectivity index (χ1v) is 9.42. The van der Waals surface area contributed by atoms with Gasteiger partial charge in [-0.1, -0.05) is 6.42 Å². The van der Waals surface area contributed by atoms with Gasteiger partial charge in [-0.05, 0) is 68.2 Å². The zero-order chi connectivity index (χ0) is 14.9. The molecular formula is C18H32N2O2. The Bertz CT molecular complexity index is 372. The van der Waals surface area contributed by atoms with E-state index >= 15 is 0 Å². The van der Waals surface area contributed by atoms with E-state index in [-0.39, 0.29) is 0 Å². The number of hydrogen-bond acceptors (Lipinski definition) is 4. The van der Waals surface area contributed by atoms with Crippen LogP contribution in [-0.2, 0) is 9.47 Å². The molecule has 0 spiro atoms. The number of ether oxygens (including phenoxy) is 2. The summed E-state index contributed by atoms with van der Waals surface area (Å²) in [6, 6.07) is 0. The second kappa shape index (κ2) is 6.76. The first-order chi connectivity index (χ1) is 10.8. The fourth-order valence-electron chi connectivity index (χ4n) is 5.65. The van der Waals surface area contributed by atoms with Crippen LogP contribution < -0.4 is 10.6 Å². The van der Waals surface area contributed by atoms with Crippen molar-refractivity contribution in [3.63, 3.8) is 0 Å². The molecule has 0 aromatic heterocycles. The number of methoxy groups -OCH3 is 1. The molecule has 0 bridgehead atoms. The van der Waals surface area contributed by atoms with Crippen molar-refractivity contribution in [1.82, 2.24) is 10.6 Å². The van der Waals surface area contributed by atoms with E-state index in [0.717, 1.165) is 42.8 Å². The molecule has 3 saturated heterocycles. The molecule has 2 N–H and O–H groups in total. The Balaban J connectivity index is 1.39. The summed E-state index contributed by atoms with van der Waals surface area (Å²) in [6.45, 7) is 4.36. The quantitative estimate of drug-likeness (QED) is 0.837.